The van der Waals surface area contributed by atoms with Crippen molar-refractivity contribution in [2.24, 2.45) is 0 Å². The molecule has 0 aliphatic rings. The van der Waals surface area contributed by atoms with Crippen LogP contribution >= 0.6 is 0 Å². The summed E-state index contributed by atoms with van der Waals surface area (Å²) in [5, 5.41) is 12.0. The molecule has 0 atom stereocenters. The molecule has 4 rings (SSSR count). The van der Waals surface area contributed by atoms with Gasteiger partial charge in [-0.2, -0.15) is 0 Å². The number of sulfonamides is 1. The van der Waals surface area contributed by atoms with Crippen molar-refractivity contribution >= 4 is 39.3 Å². The molecule has 4 aromatic rings. The average Bonchev–Trinajstić information content (AvgIpc) is 2.84. The Morgan fingerprint density at radius 3 is 2.34 bits per heavy atom. The van der Waals surface area contributed by atoms with E-state index in [9.17, 15) is 13.2 Å². The van der Waals surface area contributed by atoms with Crippen LogP contribution in [-0.2, 0) is 14.8 Å². The number of nitrogens with one attached hydrogen (secondary N) is 2. The predicted molar refractivity (Wildman–Crippen MR) is 136 cm³/mol. The fourth-order valence-corrected chi connectivity index (χ4v) is 4.31. The Morgan fingerprint density at radius 1 is 0.914 bits per heavy atom. The first-order chi connectivity index (χ1) is 16.8. The van der Waals surface area contributed by atoms with Gasteiger partial charge in [0.2, 0.25) is 0 Å². The second-order valence-corrected chi connectivity index (χ2v) is 9.39. The quantitative estimate of drug-likeness (QED) is 0.296. The van der Waals surface area contributed by atoms with Gasteiger partial charge in [0.05, 0.1) is 10.6 Å². The number of aliphatic carboxylic acids is 1. The van der Waals surface area contributed by atoms with E-state index in [0.29, 0.717) is 22.9 Å². The average molecular weight is 487 g/mol. The maximum Gasteiger partial charge on any atom is 0.328 e. The Hall–Kier alpha value is -4.50. The molecule has 0 fully saturated rings. The van der Waals surface area contributed by atoms with Crippen molar-refractivity contribution in [2.45, 2.75) is 11.8 Å². The van der Waals surface area contributed by atoms with Gasteiger partial charge in [0.15, 0.2) is 0 Å². The zero-order chi connectivity index (χ0) is 24.8. The van der Waals surface area contributed by atoms with Crippen LogP contribution in [0.3, 0.4) is 0 Å². The number of hydrogen-bond acceptors (Lipinski definition) is 6. The van der Waals surface area contributed by atoms with Crippen LogP contribution in [-0.4, -0.2) is 29.5 Å². The van der Waals surface area contributed by atoms with E-state index < -0.39 is 16.0 Å². The molecule has 0 spiro atoms. The lowest BCUT2D eigenvalue weighted by Crippen LogP contribution is -2.12. The topological polar surface area (TPSA) is 121 Å². The Balaban J connectivity index is 1.47. The zero-order valence-electron chi connectivity index (χ0n) is 18.7. The normalized spacial score (nSPS) is 11.3. The molecule has 1 aromatic heterocycles. The van der Waals surface area contributed by atoms with E-state index >= 15 is 0 Å². The van der Waals surface area contributed by atoms with E-state index in [1.165, 1.54) is 12.4 Å². The van der Waals surface area contributed by atoms with Gasteiger partial charge in [0.25, 0.3) is 10.0 Å². The molecule has 0 radical (unpaired) electrons. The second kappa shape index (κ2) is 10.2. The number of nitrogens with zero attached hydrogens (tertiary/aromatic N) is 2. The Labute approximate surface area is 203 Å². The summed E-state index contributed by atoms with van der Waals surface area (Å²) >= 11 is 0. The van der Waals surface area contributed by atoms with Crippen LogP contribution in [0.1, 0.15) is 11.1 Å². The number of aryl methyl sites for hydroxylation is 1. The monoisotopic (exact) mass is 486 g/mol. The molecular weight excluding hydrogens is 464 g/mol. The summed E-state index contributed by atoms with van der Waals surface area (Å²) in [6.45, 7) is 1.90. The van der Waals surface area contributed by atoms with E-state index in [1.54, 1.807) is 60.7 Å². The molecular formula is C26H22N4O4S. The maximum absolute atomic E-state index is 12.6. The fraction of sp³-hybridized carbons (Fsp3) is 0.0385. The minimum absolute atomic E-state index is 0.196. The summed E-state index contributed by atoms with van der Waals surface area (Å²) in [6, 6.07) is 22.5. The third-order valence-corrected chi connectivity index (χ3v) is 6.41. The van der Waals surface area contributed by atoms with Gasteiger partial charge in [-0.1, -0.05) is 35.9 Å². The lowest BCUT2D eigenvalue weighted by molar-refractivity contribution is -0.131. The van der Waals surface area contributed by atoms with E-state index in [4.69, 9.17) is 5.11 Å². The maximum atomic E-state index is 12.6. The summed E-state index contributed by atoms with van der Waals surface area (Å²) in [5.41, 5.74) is 4.34. The van der Waals surface area contributed by atoms with Crippen LogP contribution < -0.4 is 10.0 Å². The highest BCUT2D eigenvalue weighted by Gasteiger charge is 2.13. The van der Waals surface area contributed by atoms with Crippen molar-refractivity contribution in [3.63, 3.8) is 0 Å². The van der Waals surface area contributed by atoms with Crippen molar-refractivity contribution in [2.75, 3.05) is 10.0 Å². The van der Waals surface area contributed by atoms with Gasteiger partial charge in [-0.15, -0.1) is 0 Å². The van der Waals surface area contributed by atoms with Crippen molar-refractivity contribution in [1.82, 2.24) is 9.97 Å². The SMILES string of the molecule is Cc1ccc(S(=O)(=O)Nc2ccc(Nc3cc(-c4cccc(/C=C/C(=O)O)c4)ncn3)cc2)cc1. The number of hydrogen-bond donors (Lipinski definition) is 3. The van der Waals surface area contributed by atoms with Crippen LogP contribution in [0.15, 0.2) is 96.2 Å². The van der Waals surface area contributed by atoms with Crippen molar-refractivity contribution in [3.8, 4) is 11.3 Å². The first-order valence-corrected chi connectivity index (χ1v) is 12.1. The third-order valence-electron chi connectivity index (χ3n) is 5.01. The van der Waals surface area contributed by atoms with Crippen LogP contribution in [0, 0.1) is 6.92 Å². The van der Waals surface area contributed by atoms with Crippen molar-refractivity contribution < 1.29 is 18.3 Å². The Morgan fingerprint density at radius 2 is 1.63 bits per heavy atom. The van der Waals surface area contributed by atoms with Crippen molar-refractivity contribution in [1.29, 1.82) is 0 Å². The van der Waals surface area contributed by atoms with Gasteiger partial charge in [-0.25, -0.2) is 23.2 Å². The van der Waals surface area contributed by atoms with Gasteiger partial charge in [0.1, 0.15) is 12.1 Å². The third kappa shape index (κ3) is 6.30. The molecule has 0 unspecified atom stereocenters. The van der Waals surface area contributed by atoms with Crippen molar-refractivity contribution in [3.05, 3.63) is 102 Å². The van der Waals surface area contributed by atoms with Gasteiger partial charge < -0.3 is 10.4 Å². The van der Waals surface area contributed by atoms with Crippen LogP contribution in [0.4, 0.5) is 17.2 Å². The molecule has 0 saturated heterocycles. The zero-order valence-corrected chi connectivity index (χ0v) is 19.5. The highest BCUT2D eigenvalue weighted by atomic mass is 32.2. The molecule has 8 nitrogen and oxygen atoms in total. The molecule has 0 aliphatic heterocycles. The largest absolute Gasteiger partial charge is 0.478 e. The first-order valence-electron chi connectivity index (χ1n) is 10.6. The molecule has 0 aliphatic carbocycles. The Kier molecular flexibility index (Phi) is 6.88. The summed E-state index contributed by atoms with van der Waals surface area (Å²) in [5.74, 6) is -0.465. The number of carboxylic acids is 1. The number of benzene rings is 3. The lowest BCUT2D eigenvalue weighted by Gasteiger charge is -2.10. The van der Waals surface area contributed by atoms with E-state index in [-0.39, 0.29) is 4.90 Å². The van der Waals surface area contributed by atoms with E-state index in [1.807, 2.05) is 25.1 Å². The highest BCUT2D eigenvalue weighted by molar-refractivity contribution is 7.92. The standard InChI is InChI=1S/C26H22N4O4S/c1-18-5-12-23(13-6-18)35(33,34)30-22-10-8-21(9-11-22)29-25-16-24(27-17-28-25)20-4-2-3-19(15-20)7-14-26(31)32/h2-17,30H,1H3,(H,31,32)(H,27,28,29)/b14-7+. The molecule has 35 heavy (non-hydrogen) atoms. The molecule has 9 heteroatoms. The minimum Gasteiger partial charge on any atom is -0.478 e. The minimum atomic E-state index is -3.68. The summed E-state index contributed by atoms with van der Waals surface area (Å²) in [4.78, 5) is 19.5. The highest BCUT2D eigenvalue weighted by Crippen LogP contribution is 2.24. The Bertz CT molecular complexity index is 1480. The van der Waals surface area contributed by atoms with E-state index in [2.05, 4.69) is 20.0 Å². The molecule has 0 amide bonds. The van der Waals surface area contributed by atoms with Gasteiger partial charge in [0, 0.05) is 29.1 Å². The molecule has 176 valence electrons. The molecule has 1 heterocycles. The second-order valence-electron chi connectivity index (χ2n) is 7.71. The number of aromatic nitrogens is 2. The van der Waals surface area contributed by atoms with Gasteiger partial charge in [-0.05, 0) is 61.0 Å². The fourth-order valence-electron chi connectivity index (χ4n) is 3.25. The molecule has 3 N–H and O–H groups in total. The summed E-state index contributed by atoms with van der Waals surface area (Å²) in [6.07, 6.45) is 4.03. The van der Waals surface area contributed by atoms with Crippen LogP contribution in [0.25, 0.3) is 17.3 Å². The lowest BCUT2D eigenvalue weighted by atomic mass is 10.1. The molecule has 3 aromatic carbocycles. The number of carbonyl (C=O) groups is 1. The summed E-state index contributed by atoms with van der Waals surface area (Å²) < 4.78 is 27.7. The first kappa shape index (κ1) is 23.7. The number of carboxylic acid groups (broad SMARTS) is 1. The smallest absolute Gasteiger partial charge is 0.328 e. The summed E-state index contributed by atoms with van der Waals surface area (Å²) in [7, 11) is -3.68. The molecule has 0 saturated carbocycles. The van der Waals surface area contributed by atoms with Gasteiger partial charge >= 0.3 is 5.97 Å². The van der Waals surface area contributed by atoms with Crippen LogP contribution in [0.2, 0.25) is 0 Å². The molecule has 0 bridgehead atoms. The predicted octanol–water partition coefficient (Wildman–Crippen LogP) is 5.09. The number of rotatable bonds is 8. The number of anilines is 3. The van der Waals surface area contributed by atoms with Crippen LogP contribution in [0.5, 0.6) is 0 Å². The van der Waals surface area contributed by atoms with Gasteiger partial charge in [-0.3, -0.25) is 4.72 Å². The van der Waals surface area contributed by atoms with E-state index in [0.717, 1.165) is 22.8 Å².